The van der Waals surface area contributed by atoms with Gasteiger partial charge in [0.15, 0.2) is 0 Å². The number of benzene rings is 1. The summed E-state index contributed by atoms with van der Waals surface area (Å²) < 4.78 is 15.2. The van der Waals surface area contributed by atoms with Crippen molar-refractivity contribution in [3.63, 3.8) is 0 Å². The first kappa shape index (κ1) is 14.7. The Labute approximate surface area is 119 Å². The van der Waals surface area contributed by atoms with Crippen LogP contribution in [-0.4, -0.2) is 22.9 Å². The number of aromatic nitrogens is 2. The molecule has 0 saturated heterocycles. The number of hydrogen-bond donors (Lipinski definition) is 1. The third-order valence-electron chi connectivity index (χ3n) is 3.89. The minimum absolute atomic E-state index is 0.175. The van der Waals surface area contributed by atoms with Crippen LogP contribution < -0.4 is 5.32 Å². The van der Waals surface area contributed by atoms with E-state index in [1.165, 1.54) is 17.3 Å². The largest absolute Gasteiger partial charge is 0.316 e. The number of hydrogen-bond acceptors (Lipinski definition) is 2. The lowest BCUT2D eigenvalue weighted by Crippen LogP contribution is -2.30. The Bertz CT molecular complexity index is 589. The molecule has 1 atom stereocenters. The highest BCUT2D eigenvalue weighted by Crippen LogP contribution is 2.16. The van der Waals surface area contributed by atoms with Gasteiger partial charge in [0.2, 0.25) is 0 Å². The molecule has 3 nitrogen and oxygen atoms in total. The van der Waals surface area contributed by atoms with E-state index in [1.54, 1.807) is 12.1 Å². The number of nitrogens with zero attached hydrogens (tertiary/aromatic N) is 2. The lowest BCUT2D eigenvalue weighted by atomic mass is 9.98. The maximum atomic E-state index is 13.2. The summed E-state index contributed by atoms with van der Waals surface area (Å²) in [6.45, 7) is 4.13. The van der Waals surface area contributed by atoms with Crippen LogP contribution in [-0.2, 0) is 19.9 Å². The van der Waals surface area contributed by atoms with Gasteiger partial charge in [-0.1, -0.05) is 12.1 Å². The summed E-state index contributed by atoms with van der Waals surface area (Å²) in [5.74, 6) is -0.175. The molecule has 0 saturated carbocycles. The van der Waals surface area contributed by atoms with Crippen LogP contribution in [0.5, 0.6) is 0 Å². The lowest BCUT2D eigenvalue weighted by molar-refractivity contribution is 0.550. The third-order valence-corrected chi connectivity index (χ3v) is 3.89. The maximum Gasteiger partial charge on any atom is 0.123 e. The molecule has 2 rings (SSSR count). The Morgan fingerprint density at radius 2 is 2.05 bits per heavy atom. The van der Waals surface area contributed by atoms with Gasteiger partial charge in [-0.3, -0.25) is 4.68 Å². The Hall–Kier alpha value is -1.68. The molecule has 1 N–H and O–H groups in total. The van der Waals surface area contributed by atoms with Crippen LogP contribution >= 0.6 is 0 Å². The van der Waals surface area contributed by atoms with Crippen molar-refractivity contribution in [3.8, 4) is 0 Å². The Balaban J connectivity index is 2.13. The average Bonchev–Trinajstić information content (AvgIpc) is 2.64. The Morgan fingerprint density at radius 3 is 2.60 bits per heavy atom. The second-order valence-corrected chi connectivity index (χ2v) is 5.30. The summed E-state index contributed by atoms with van der Waals surface area (Å²) in [4.78, 5) is 0. The van der Waals surface area contributed by atoms with Crippen molar-refractivity contribution in [3.05, 3.63) is 52.6 Å². The SMILES string of the molecule is CNC(Cc1cccc(F)c1)Cc1c(C)nn(C)c1C. The van der Waals surface area contributed by atoms with Crippen LogP contribution in [0, 0.1) is 19.7 Å². The number of nitrogens with one attached hydrogen (secondary N) is 1. The van der Waals surface area contributed by atoms with E-state index in [2.05, 4.69) is 17.3 Å². The van der Waals surface area contributed by atoms with Gasteiger partial charge < -0.3 is 5.32 Å². The first-order chi connectivity index (χ1) is 9.51. The normalized spacial score (nSPS) is 12.7. The molecule has 2 aromatic rings. The van der Waals surface area contributed by atoms with E-state index in [-0.39, 0.29) is 11.9 Å². The van der Waals surface area contributed by atoms with Crippen LogP contribution in [0.3, 0.4) is 0 Å². The fourth-order valence-corrected chi connectivity index (χ4v) is 2.58. The monoisotopic (exact) mass is 275 g/mol. The fraction of sp³-hybridized carbons (Fsp3) is 0.438. The zero-order valence-corrected chi connectivity index (χ0v) is 12.6. The average molecular weight is 275 g/mol. The van der Waals surface area contributed by atoms with Gasteiger partial charge in [0, 0.05) is 18.8 Å². The molecule has 0 bridgehead atoms. The summed E-state index contributed by atoms with van der Waals surface area (Å²) in [6, 6.07) is 7.09. The number of aryl methyl sites for hydroxylation is 2. The summed E-state index contributed by atoms with van der Waals surface area (Å²) in [6.07, 6.45) is 1.71. The van der Waals surface area contributed by atoms with Gasteiger partial charge in [0.25, 0.3) is 0 Å². The van der Waals surface area contributed by atoms with Crippen molar-refractivity contribution in [2.75, 3.05) is 7.05 Å². The molecule has 1 aromatic heterocycles. The first-order valence-corrected chi connectivity index (χ1v) is 6.92. The van der Waals surface area contributed by atoms with Crippen molar-refractivity contribution >= 4 is 0 Å². The van der Waals surface area contributed by atoms with Gasteiger partial charge in [-0.15, -0.1) is 0 Å². The molecule has 0 fully saturated rings. The summed E-state index contributed by atoms with van der Waals surface area (Å²) in [5.41, 5.74) is 4.57. The Morgan fingerprint density at radius 1 is 1.30 bits per heavy atom. The van der Waals surface area contributed by atoms with E-state index in [0.717, 1.165) is 24.1 Å². The predicted molar refractivity (Wildman–Crippen MR) is 79.3 cm³/mol. The van der Waals surface area contributed by atoms with Crippen LogP contribution in [0.1, 0.15) is 22.5 Å². The Kier molecular flexibility index (Phi) is 4.55. The molecule has 0 radical (unpaired) electrons. The van der Waals surface area contributed by atoms with E-state index >= 15 is 0 Å². The van der Waals surface area contributed by atoms with E-state index in [9.17, 15) is 4.39 Å². The molecular weight excluding hydrogens is 253 g/mol. The predicted octanol–water partition coefficient (Wildman–Crippen LogP) is 2.55. The van der Waals surface area contributed by atoms with E-state index in [0.29, 0.717) is 0 Å². The van der Waals surface area contributed by atoms with Gasteiger partial charge in [0.05, 0.1) is 5.69 Å². The standard InChI is InChI=1S/C16H22FN3/c1-11-16(12(2)20(4)19-11)10-15(18-3)9-13-6-5-7-14(17)8-13/h5-8,15,18H,9-10H2,1-4H3. The molecule has 20 heavy (non-hydrogen) atoms. The van der Waals surface area contributed by atoms with Gasteiger partial charge in [-0.05, 0) is 57.0 Å². The quantitative estimate of drug-likeness (QED) is 0.909. The van der Waals surface area contributed by atoms with Gasteiger partial charge in [-0.25, -0.2) is 4.39 Å². The van der Waals surface area contributed by atoms with Crippen molar-refractivity contribution in [2.24, 2.45) is 7.05 Å². The maximum absolute atomic E-state index is 13.2. The van der Waals surface area contributed by atoms with E-state index < -0.39 is 0 Å². The van der Waals surface area contributed by atoms with Gasteiger partial charge >= 0.3 is 0 Å². The van der Waals surface area contributed by atoms with Crippen LogP contribution in [0.2, 0.25) is 0 Å². The van der Waals surface area contributed by atoms with Crippen molar-refractivity contribution in [1.29, 1.82) is 0 Å². The lowest BCUT2D eigenvalue weighted by Gasteiger charge is -2.16. The first-order valence-electron chi connectivity index (χ1n) is 6.92. The molecule has 0 amide bonds. The van der Waals surface area contributed by atoms with Crippen molar-refractivity contribution in [1.82, 2.24) is 15.1 Å². The summed E-state index contributed by atoms with van der Waals surface area (Å²) in [7, 11) is 3.91. The third kappa shape index (κ3) is 3.25. The highest BCUT2D eigenvalue weighted by molar-refractivity contribution is 5.26. The zero-order chi connectivity index (χ0) is 14.7. The zero-order valence-electron chi connectivity index (χ0n) is 12.6. The minimum atomic E-state index is -0.175. The smallest absolute Gasteiger partial charge is 0.123 e. The van der Waals surface area contributed by atoms with Crippen molar-refractivity contribution in [2.45, 2.75) is 32.7 Å². The molecule has 0 aliphatic rings. The van der Waals surface area contributed by atoms with Crippen LogP contribution in [0.15, 0.2) is 24.3 Å². The minimum Gasteiger partial charge on any atom is -0.316 e. The molecular formula is C16H22FN3. The highest BCUT2D eigenvalue weighted by atomic mass is 19.1. The topological polar surface area (TPSA) is 29.9 Å². The van der Waals surface area contributed by atoms with Crippen LogP contribution in [0.25, 0.3) is 0 Å². The summed E-state index contributed by atoms with van der Waals surface area (Å²) >= 11 is 0. The molecule has 0 spiro atoms. The molecule has 0 aliphatic heterocycles. The van der Waals surface area contributed by atoms with Gasteiger partial charge in [-0.2, -0.15) is 5.10 Å². The van der Waals surface area contributed by atoms with Gasteiger partial charge in [0.1, 0.15) is 5.82 Å². The molecule has 108 valence electrons. The number of halogens is 1. The highest BCUT2D eigenvalue weighted by Gasteiger charge is 2.15. The van der Waals surface area contributed by atoms with Crippen LogP contribution in [0.4, 0.5) is 4.39 Å². The molecule has 1 heterocycles. The molecule has 4 heteroatoms. The second-order valence-electron chi connectivity index (χ2n) is 5.30. The summed E-state index contributed by atoms with van der Waals surface area (Å²) in [5, 5.41) is 7.77. The van der Waals surface area contributed by atoms with E-state index in [4.69, 9.17) is 0 Å². The molecule has 1 aromatic carbocycles. The molecule has 0 aliphatic carbocycles. The second kappa shape index (κ2) is 6.18. The fourth-order valence-electron chi connectivity index (χ4n) is 2.58. The number of likely N-dealkylation sites (N-methyl/N-ethyl adjacent to an activating group) is 1. The molecule has 1 unspecified atom stereocenters. The number of rotatable bonds is 5. The van der Waals surface area contributed by atoms with E-state index in [1.807, 2.05) is 31.8 Å². The van der Waals surface area contributed by atoms with Crippen molar-refractivity contribution < 1.29 is 4.39 Å².